The lowest BCUT2D eigenvalue weighted by Gasteiger charge is -2.12. The molecule has 2 rings (SSSR count). The number of Topliss-reactive ketones (excluding diaryl/α,β-unsaturated/α-hetero) is 1. The Morgan fingerprint density at radius 2 is 2.37 bits per heavy atom. The summed E-state index contributed by atoms with van der Waals surface area (Å²) in [5, 5.41) is 0. The van der Waals surface area contributed by atoms with Gasteiger partial charge in [-0.2, -0.15) is 0 Å². The van der Waals surface area contributed by atoms with E-state index in [4.69, 9.17) is 9.47 Å². The van der Waals surface area contributed by atoms with Crippen LogP contribution in [0, 0.1) is 0 Å². The van der Waals surface area contributed by atoms with Crippen molar-refractivity contribution in [1.29, 1.82) is 0 Å². The Hall–Kier alpha value is -0.870. The molecule has 1 heterocycles. The van der Waals surface area contributed by atoms with Crippen LogP contribution in [-0.4, -0.2) is 25.1 Å². The van der Waals surface area contributed by atoms with Gasteiger partial charge in [0.05, 0.1) is 18.3 Å². The van der Waals surface area contributed by atoms with Crippen molar-refractivity contribution in [2.24, 2.45) is 0 Å². The van der Waals surface area contributed by atoms with E-state index in [-0.39, 0.29) is 5.78 Å². The minimum atomic E-state index is 0.0293. The van der Waals surface area contributed by atoms with E-state index in [0.29, 0.717) is 24.0 Å². The standard InChI is InChI=1S/C15H19BrO3/c1-11(17)14-7-6-12(16)10-15(14)19-9-3-5-13-4-2-8-18-13/h6-7,10,13H,2-5,8-9H2,1H3. The number of ketones is 1. The highest BCUT2D eigenvalue weighted by Gasteiger charge is 2.15. The molecule has 0 aliphatic carbocycles. The lowest BCUT2D eigenvalue weighted by Crippen LogP contribution is -2.08. The zero-order valence-corrected chi connectivity index (χ0v) is 12.7. The molecule has 1 saturated heterocycles. The molecule has 1 atom stereocenters. The number of halogens is 1. The summed E-state index contributed by atoms with van der Waals surface area (Å²) in [5.41, 5.74) is 0.639. The molecule has 4 heteroatoms. The fourth-order valence-electron chi connectivity index (χ4n) is 2.27. The molecule has 1 aliphatic rings. The highest BCUT2D eigenvalue weighted by atomic mass is 79.9. The fraction of sp³-hybridized carbons (Fsp3) is 0.533. The van der Waals surface area contributed by atoms with Crippen LogP contribution in [0.5, 0.6) is 5.75 Å². The minimum Gasteiger partial charge on any atom is -0.493 e. The highest BCUT2D eigenvalue weighted by molar-refractivity contribution is 9.10. The SMILES string of the molecule is CC(=O)c1ccc(Br)cc1OCCCC1CCCO1. The Bertz CT molecular complexity index is 439. The van der Waals surface area contributed by atoms with Crippen LogP contribution in [0.15, 0.2) is 22.7 Å². The zero-order chi connectivity index (χ0) is 13.7. The summed E-state index contributed by atoms with van der Waals surface area (Å²) in [4.78, 5) is 11.5. The Morgan fingerprint density at radius 3 is 3.05 bits per heavy atom. The van der Waals surface area contributed by atoms with Crippen LogP contribution in [0.4, 0.5) is 0 Å². The molecule has 1 fully saturated rings. The molecule has 1 aromatic carbocycles. The maximum atomic E-state index is 11.5. The molecule has 0 bridgehead atoms. The lowest BCUT2D eigenvalue weighted by atomic mass is 10.1. The molecule has 104 valence electrons. The Balaban J connectivity index is 1.84. The minimum absolute atomic E-state index is 0.0293. The molecule has 3 nitrogen and oxygen atoms in total. The van der Waals surface area contributed by atoms with Gasteiger partial charge in [-0.25, -0.2) is 0 Å². The van der Waals surface area contributed by atoms with Gasteiger partial charge in [-0.1, -0.05) is 15.9 Å². The van der Waals surface area contributed by atoms with Gasteiger partial charge >= 0.3 is 0 Å². The van der Waals surface area contributed by atoms with Crippen molar-refractivity contribution in [3.63, 3.8) is 0 Å². The van der Waals surface area contributed by atoms with Crippen molar-refractivity contribution in [3.05, 3.63) is 28.2 Å². The van der Waals surface area contributed by atoms with Crippen molar-refractivity contribution in [2.75, 3.05) is 13.2 Å². The van der Waals surface area contributed by atoms with Crippen molar-refractivity contribution in [1.82, 2.24) is 0 Å². The largest absolute Gasteiger partial charge is 0.493 e. The normalized spacial score (nSPS) is 18.5. The smallest absolute Gasteiger partial charge is 0.163 e. The summed E-state index contributed by atoms with van der Waals surface area (Å²) in [7, 11) is 0. The second-order valence-corrected chi connectivity index (χ2v) is 5.74. The van der Waals surface area contributed by atoms with Crippen LogP contribution in [0.25, 0.3) is 0 Å². The second-order valence-electron chi connectivity index (χ2n) is 4.82. The Morgan fingerprint density at radius 1 is 1.53 bits per heavy atom. The van der Waals surface area contributed by atoms with Crippen molar-refractivity contribution in [2.45, 2.75) is 38.7 Å². The van der Waals surface area contributed by atoms with E-state index in [9.17, 15) is 4.79 Å². The second kappa shape index (κ2) is 7.06. The number of hydrogen-bond acceptors (Lipinski definition) is 3. The number of benzene rings is 1. The van der Waals surface area contributed by atoms with E-state index in [0.717, 1.165) is 30.3 Å². The van der Waals surface area contributed by atoms with Gasteiger partial charge in [0.2, 0.25) is 0 Å². The molecule has 1 aliphatic heterocycles. The zero-order valence-electron chi connectivity index (χ0n) is 11.2. The van der Waals surface area contributed by atoms with Crippen LogP contribution in [0.2, 0.25) is 0 Å². The topological polar surface area (TPSA) is 35.5 Å². The third-order valence-corrected chi connectivity index (χ3v) is 3.77. The molecule has 0 aromatic heterocycles. The molecule has 0 saturated carbocycles. The third kappa shape index (κ3) is 4.32. The first-order chi connectivity index (χ1) is 9.16. The molecule has 0 amide bonds. The van der Waals surface area contributed by atoms with Crippen molar-refractivity contribution < 1.29 is 14.3 Å². The van der Waals surface area contributed by atoms with Gasteiger partial charge in [-0.3, -0.25) is 4.79 Å². The van der Waals surface area contributed by atoms with E-state index < -0.39 is 0 Å². The first-order valence-electron chi connectivity index (χ1n) is 6.71. The quantitative estimate of drug-likeness (QED) is 0.585. The number of hydrogen-bond donors (Lipinski definition) is 0. The summed E-state index contributed by atoms with van der Waals surface area (Å²) < 4.78 is 12.2. The molecule has 1 aromatic rings. The molecular formula is C15H19BrO3. The number of rotatable bonds is 6. The van der Waals surface area contributed by atoms with Crippen molar-refractivity contribution >= 4 is 21.7 Å². The van der Waals surface area contributed by atoms with E-state index in [1.807, 2.05) is 12.1 Å². The summed E-state index contributed by atoms with van der Waals surface area (Å²) in [6, 6.07) is 5.50. The van der Waals surface area contributed by atoms with Gasteiger partial charge < -0.3 is 9.47 Å². The van der Waals surface area contributed by atoms with Gasteiger partial charge in [0, 0.05) is 11.1 Å². The predicted octanol–water partition coefficient (Wildman–Crippen LogP) is 3.99. The molecular weight excluding hydrogens is 308 g/mol. The number of carbonyl (C=O) groups is 1. The van der Waals surface area contributed by atoms with Crippen LogP contribution >= 0.6 is 15.9 Å². The third-order valence-electron chi connectivity index (χ3n) is 3.27. The van der Waals surface area contributed by atoms with Gasteiger partial charge in [-0.05, 0) is 50.8 Å². The lowest BCUT2D eigenvalue weighted by molar-refractivity contribution is 0.0971. The van der Waals surface area contributed by atoms with Crippen LogP contribution < -0.4 is 4.74 Å². The van der Waals surface area contributed by atoms with Crippen LogP contribution in [-0.2, 0) is 4.74 Å². The maximum Gasteiger partial charge on any atom is 0.163 e. The van der Waals surface area contributed by atoms with Gasteiger partial charge in [-0.15, -0.1) is 0 Å². The van der Waals surface area contributed by atoms with E-state index in [1.165, 1.54) is 6.42 Å². The summed E-state index contributed by atoms with van der Waals surface area (Å²) in [6.45, 7) is 3.07. The van der Waals surface area contributed by atoms with Gasteiger partial charge in [0.1, 0.15) is 5.75 Å². The molecule has 0 N–H and O–H groups in total. The maximum absolute atomic E-state index is 11.5. The molecule has 19 heavy (non-hydrogen) atoms. The van der Waals surface area contributed by atoms with Crippen molar-refractivity contribution in [3.8, 4) is 5.75 Å². The van der Waals surface area contributed by atoms with Crippen LogP contribution in [0.1, 0.15) is 43.0 Å². The number of carbonyl (C=O) groups excluding carboxylic acids is 1. The monoisotopic (exact) mass is 326 g/mol. The van der Waals surface area contributed by atoms with E-state index >= 15 is 0 Å². The Kier molecular flexibility index (Phi) is 5.40. The van der Waals surface area contributed by atoms with Gasteiger partial charge in [0.15, 0.2) is 5.78 Å². The highest BCUT2D eigenvalue weighted by Crippen LogP contribution is 2.25. The average Bonchev–Trinajstić information content (AvgIpc) is 2.87. The first kappa shape index (κ1) is 14.5. The summed E-state index contributed by atoms with van der Waals surface area (Å²) in [5.74, 6) is 0.691. The predicted molar refractivity (Wildman–Crippen MR) is 77.8 cm³/mol. The molecule has 0 spiro atoms. The summed E-state index contributed by atoms with van der Waals surface area (Å²) >= 11 is 3.40. The molecule has 1 unspecified atom stereocenters. The summed E-state index contributed by atoms with van der Waals surface area (Å²) in [6.07, 6.45) is 4.72. The fourth-order valence-corrected chi connectivity index (χ4v) is 2.61. The van der Waals surface area contributed by atoms with E-state index in [2.05, 4.69) is 15.9 Å². The van der Waals surface area contributed by atoms with Gasteiger partial charge in [0.25, 0.3) is 0 Å². The first-order valence-corrected chi connectivity index (χ1v) is 7.51. The average molecular weight is 327 g/mol. The number of ether oxygens (including phenoxy) is 2. The van der Waals surface area contributed by atoms with Crippen LogP contribution in [0.3, 0.4) is 0 Å². The Labute approximate surface area is 122 Å². The molecule has 0 radical (unpaired) electrons. The van der Waals surface area contributed by atoms with E-state index in [1.54, 1.807) is 13.0 Å².